The second-order valence-electron chi connectivity index (χ2n) is 3.79. The van der Waals surface area contributed by atoms with Gasteiger partial charge in [-0.05, 0) is 12.5 Å². The molecule has 0 fully saturated rings. The third-order valence-corrected chi connectivity index (χ3v) is 2.42. The van der Waals surface area contributed by atoms with Gasteiger partial charge in [0.1, 0.15) is 0 Å². The van der Waals surface area contributed by atoms with E-state index < -0.39 is 4.92 Å². The van der Waals surface area contributed by atoms with Crippen LogP contribution >= 0.6 is 0 Å². The minimum Gasteiger partial charge on any atom is -0.398 e. The summed E-state index contributed by atoms with van der Waals surface area (Å²) in [6, 6.07) is 4.14. The SMILES string of the molecule is CCCc1noc(-c2ccc([N+](=O)[O-])cc2N)n1. The second kappa shape index (κ2) is 4.82. The van der Waals surface area contributed by atoms with Crippen molar-refractivity contribution < 1.29 is 9.45 Å². The zero-order valence-electron chi connectivity index (χ0n) is 9.79. The molecule has 0 saturated heterocycles. The van der Waals surface area contributed by atoms with Gasteiger partial charge in [0.2, 0.25) is 0 Å². The van der Waals surface area contributed by atoms with E-state index in [9.17, 15) is 10.1 Å². The Hall–Kier alpha value is -2.44. The van der Waals surface area contributed by atoms with Gasteiger partial charge in [0, 0.05) is 18.6 Å². The summed E-state index contributed by atoms with van der Waals surface area (Å²) in [5, 5.41) is 14.4. The first-order valence-corrected chi connectivity index (χ1v) is 5.48. The average molecular weight is 248 g/mol. The molecule has 0 saturated carbocycles. The third-order valence-electron chi connectivity index (χ3n) is 2.42. The summed E-state index contributed by atoms with van der Waals surface area (Å²) in [6.07, 6.45) is 1.63. The molecule has 1 aromatic heterocycles. The molecular weight excluding hydrogens is 236 g/mol. The van der Waals surface area contributed by atoms with Crippen LogP contribution in [0.2, 0.25) is 0 Å². The molecule has 7 nitrogen and oxygen atoms in total. The van der Waals surface area contributed by atoms with E-state index in [1.165, 1.54) is 18.2 Å². The summed E-state index contributed by atoms with van der Waals surface area (Å²) in [5.74, 6) is 0.885. The van der Waals surface area contributed by atoms with E-state index in [0.717, 1.165) is 12.8 Å². The monoisotopic (exact) mass is 248 g/mol. The van der Waals surface area contributed by atoms with E-state index >= 15 is 0 Å². The van der Waals surface area contributed by atoms with Crippen molar-refractivity contribution in [2.45, 2.75) is 19.8 Å². The molecule has 2 N–H and O–H groups in total. The highest BCUT2D eigenvalue weighted by Gasteiger charge is 2.14. The van der Waals surface area contributed by atoms with Gasteiger partial charge in [-0.25, -0.2) is 0 Å². The van der Waals surface area contributed by atoms with Gasteiger partial charge in [0.25, 0.3) is 11.6 Å². The molecule has 0 aliphatic heterocycles. The Morgan fingerprint density at radius 1 is 1.50 bits per heavy atom. The molecule has 94 valence electrons. The fourth-order valence-corrected chi connectivity index (χ4v) is 1.55. The zero-order chi connectivity index (χ0) is 13.1. The molecule has 0 aliphatic rings. The highest BCUT2D eigenvalue weighted by molar-refractivity contribution is 5.72. The molecule has 18 heavy (non-hydrogen) atoms. The van der Waals surface area contributed by atoms with Crippen molar-refractivity contribution in [3.63, 3.8) is 0 Å². The number of aromatic nitrogens is 2. The minimum absolute atomic E-state index is 0.0652. The lowest BCUT2D eigenvalue weighted by molar-refractivity contribution is -0.384. The summed E-state index contributed by atoms with van der Waals surface area (Å²) in [5.41, 5.74) is 6.43. The van der Waals surface area contributed by atoms with Crippen LogP contribution in [0.1, 0.15) is 19.2 Å². The first-order chi connectivity index (χ1) is 8.61. The smallest absolute Gasteiger partial charge is 0.271 e. The Kier molecular flexibility index (Phi) is 3.22. The molecule has 1 aromatic carbocycles. The molecule has 2 rings (SSSR count). The van der Waals surface area contributed by atoms with E-state index in [4.69, 9.17) is 10.3 Å². The number of hydrogen-bond acceptors (Lipinski definition) is 6. The predicted octanol–water partition coefficient (Wildman–Crippen LogP) is 2.18. The number of anilines is 1. The van der Waals surface area contributed by atoms with Crippen LogP contribution in [0.3, 0.4) is 0 Å². The van der Waals surface area contributed by atoms with Crippen molar-refractivity contribution >= 4 is 11.4 Å². The number of hydrogen-bond donors (Lipinski definition) is 1. The van der Waals surface area contributed by atoms with E-state index in [-0.39, 0.29) is 17.3 Å². The van der Waals surface area contributed by atoms with Gasteiger partial charge in [-0.15, -0.1) is 0 Å². The maximum Gasteiger partial charge on any atom is 0.271 e. The van der Waals surface area contributed by atoms with Gasteiger partial charge in [-0.2, -0.15) is 4.98 Å². The summed E-state index contributed by atoms with van der Waals surface area (Å²) >= 11 is 0. The van der Waals surface area contributed by atoms with Gasteiger partial charge in [0.05, 0.1) is 16.2 Å². The number of benzene rings is 1. The Bertz CT molecular complexity index is 579. The Morgan fingerprint density at radius 2 is 2.28 bits per heavy atom. The Labute approximate surface area is 103 Å². The Morgan fingerprint density at radius 3 is 2.89 bits per heavy atom. The van der Waals surface area contributed by atoms with Crippen molar-refractivity contribution in [1.29, 1.82) is 0 Å². The standard InChI is InChI=1S/C11H12N4O3/c1-2-3-10-13-11(18-14-10)8-5-4-7(15(16)17)6-9(8)12/h4-6H,2-3,12H2,1H3. The van der Waals surface area contributed by atoms with Crippen LogP contribution in [0, 0.1) is 10.1 Å². The molecule has 1 heterocycles. The van der Waals surface area contributed by atoms with Crippen molar-refractivity contribution in [3.05, 3.63) is 34.1 Å². The third kappa shape index (κ3) is 2.29. The number of nitro groups is 1. The molecule has 0 aliphatic carbocycles. The number of nitrogens with two attached hydrogens (primary N) is 1. The quantitative estimate of drug-likeness (QED) is 0.504. The lowest BCUT2D eigenvalue weighted by Gasteiger charge is -1.99. The van der Waals surface area contributed by atoms with Gasteiger partial charge >= 0.3 is 0 Å². The normalized spacial score (nSPS) is 10.5. The number of aryl methyl sites for hydroxylation is 1. The Balaban J connectivity index is 2.35. The lowest BCUT2D eigenvalue weighted by Crippen LogP contribution is -1.94. The van der Waals surface area contributed by atoms with Crippen LogP contribution < -0.4 is 5.73 Å². The summed E-state index contributed by atoms with van der Waals surface area (Å²) in [7, 11) is 0. The van der Waals surface area contributed by atoms with Crippen LogP contribution in [-0.2, 0) is 6.42 Å². The van der Waals surface area contributed by atoms with Gasteiger partial charge < -0.3 is 10.3 Å². The first kappa shape index (κ1) is 12.0. The van der Waals surface area contributed by atoms with E-state index in [1.807, 2.05) is 6.92 Å². The van der Waals surface area contributed by atoms with Gasteiger partial charge in [0.15, 0.2) is 5.82 Å². The fraction of sp³-hybridized carbons (Fsp3) is 0.273. The average Bonchev–Trinajstić information content (AvgIpc) is 2.77. The van der Waals surface area contributed by atoms with Crippen LogP contribution in [0.25, 0.3) is 11.5 Å². The second-order valence-corrected chi connectivity index (χ2v) is 3.79. The number of non-ortho nitro benzene ring substituents is 1. The van der Waals surface area contributed by atoms with Crippen LogP contribution in [0.4, 0.5) is 11.4 Å². The van der Waals surface area contributed by atoms with Crippen molar-refractivity contribution in [2.24, 2.45) is 0 Å². The molecule has 0 radical (unpaired) electrons. The predicted molar refractivity (Wildman–Crippen MR) is 64.8 cm³/mol. The largest absolute Gasteiger partial charge is 0.398 e. The maximum atomic E-state index is 10.6. The van der Waals surface area contributed by atoms with Crippen molar-refractivity contribution in [3.8, 4) is 11.5 Å². The molecule has 0 bridgehead atoms. The molecular formula is C11H12N4O3. The van der Waals surface area contributed by atoms with E-state index in [2.05, 4.69) is 10.1 Å². The first-order valence-electron chi connectivity index (χ1n) is 5.48. The van der Waals surface area contributed by atoms with Crippen LogP contribution in [0.5, 0.6) is 0 Å². The molecule has 7 heteroatoms. The number of nitro benzene ring substituents is 1. The van der Waals surface area contributed by atoms with Crippen molar-refractivity contribution in [1.82, 2.24) is 10.1 Å². The lowest BCUT2D eigenvalue weighted by atomic mass is 10.1. The highest BCUT2D eigenvalue weighted by Crippen LogP contribution is 2.28. The van der Waals surface area contributed by atoms with Crippen molar-refractivity contribution in [2.75, 3.05) is 5.73 Å². The number of nitrogen functional groups attached to an aromatic ring is 1. The van der Waals surface area contributed by atoms with Crippen LogP contribution in [0.15, 0.2) is 22.7 Å². The van der Waals surface area contributed by atoms with E-state index in [1.54, 1.807) is 0 Å². The number of nitrogens with zero attached hydrogens (tertiary/aromatic N) is 3. The van der Waals surface area contributed by atoms with Crippen LogP contribution in [-0.4, -0.2) is 15.1 Å². The molecule has 0 atom stereocenters. The van der Waals surface area contributed by atoms with Gasteiger partial charge in [-0.3, -0.25) is 10.1 Å². The summed E-state index contributed by atoms with van der Waals surface area (Å²) in [4.78, 5) is 14.3. The fourth-order valence-electron chi connectivity index (χ4n) is 1.55. The molecule has 0 unspecified atom stereocenters. The highest BCUT2D eigenvalue weighted by atomic mass is 16.6. The van der Waals surface area contributed by atoms with Gasteiger partial charge in [-0.1, -0.05) is 12.1 Å². The topological polar surface area (TPSA) is 108 Å². The molecule has 0 amide bonds. The minimum atomic E-state index is -0.504. The molecule has 0 spiro atoms. The zero-order valence-corrected chi connectivity index (χ0v) is 9.79. The number of rotatable bonds is 4. The molecule has 2 aromatic rings. The maximum absolute atomic E-state index is 10.6. The summed E-state index contributed by atoms with van der Waals surface area (Å²) in [6.45, 7) is 2.01. The van der Waals surface area contributed by atoms with E-state index in [0.29, 0.717) is 11.4 Å². The summed E-state index contributed by atoms with van der Waals surface area (Å²) < 4.78 is 5.07.